The molecule has 0 aliphatic rings. The number of hydrogen-bond donors (Lipinski definition) is 1. The minimum atomic E-state index is -0.0619. The Bertz CT molecular complexity index is 491. The van der Waals surface area contributed by atoms with E-state index in [2.05, 4.69) is 25.3 Å². The minimum Gasteiger partial charge on any atom is -0.481 e. The lowest BCUT2D eigenvalue weighted by atomic mass is 10.1. The number of nitrogens with zero attached hydrogens (tertiary/aromatic N) is 4. The van der Waals surface area contributed by atoms with Gasteiger partial charge in [0.2, 0.25) is 5.88 Å². The first-order valence-electron chi connectivity index (χ1n) is 5.69. The van der Waals surface area contributed by atoms with Crippen molar-refractivity contribution in [2.24, 2.45) is 0 Å². The zero-order chi connectivity index (χ0) is 12.8. The summed E-state index contributed by atoms with van der Waals surface area (Å²) in [5.41, 5.74) is 1.79. The summed E-state index contributed by atoms with van der Waals surface area (Å²) in [7, 11) is 1.58. The predicted molar refractivity (Wildman–Crippen MR) is 66.1 cm³/mol. The fourth-order valence-electron chi connectivity index (χ4n) is 1.68. The summed E-state index contributed by atoms with van der Waals surface area (Å²) in [5.74, 6) is 0.541. The number of hydrogen-bond acceptors (Lipinski definition) is 6. The van der Waals surface area contributed by atoms with Crippen molar-refractivity contribution in [3.8, 4) is 5.88 Å². The van der Waals surface area contributed by atoms with Crippen LogP contribution in [0.4, 0.5) is 0 Å². The van der Waals surface area contributed by atoms with Gasteiger partial charge in [0.1, 0.15) is 12.7 Å². The van der Waals surface area contributed by atoms with Gasteiger partial charge in [0.15, 0.2) is 0 Å². The summed E-state index contributed by atoms with van der Waals surface area (Å²) in [4.78, 5) is 16.3. The van der Waals surface area contributed by atoms with Crippen molar-refractivity contribution in [2.45, 2.75) is 13.0 Å². The maximum Gasteiger partial charge on any atom is 0.216 e. The molecule has 6 nitrogen and oxygen atoms in total. The average Bonchev–Trinajstić information content (AvgIpc) is 2.46. The number of nitrogens with one attached hydrogen (secondary N) is 1. The van der Waals surface area contributed by atoms with E-state index in [-0.39, 0.29) is 6.04 Å². The SMILES string of the molecule is CCNC(c1cncnc1)c1cc(OC)ncn1. The Labute approximate surface area is 105 Å². The van der Waals surface area contributed by atoms with Gasteiger partial charge in [-0.25, -0.2) is 19.9 Å². The molecule has 0 amide bonds. The number of rotatable bonds is 5. The second-order valence-electron chi connectivity index (χ2n) is 3.65. The molecular formula is C12H15N5O. The molecule has 1 N–H and O–H groups in total. The standard InChI is InChI=1S/C12H15N5O/c1-3-15-12(9-5-13-7-14-6-9)10-4-11(18-2)17-8-16-10/h4-8,12,15H,3H2,1-2H3. The van der Waals surface area contributed by atoms with Crippen molar-refractivity contribution >= 4 is 0 Å². The summed E-state index contributed by atoms with van der Waals surface area (Å²) >= 11 is 0. The monoisotopic (exact) mass is 245 g/mol. The van der Waals surface area contributed by atoms with Gasteiger partial charge in [0.05, 0.1) is 18.8 Å². The first kappa shape index (κ1) is 12.4. The van der Waals surface area contributed by atoms with Gasteiger partial charge in [-0.1, -0.05) is 6.92 Å². The number of methoxy groups -OCH3 is 1. The van der Waals surface area contributed by atoms with Crippen LogP contribution < -0.4 is 10.1 Å². The molecule has 2 aromatic heterocycles. The van der Waals surface area contributed by atoms with E-state index in [9.17, 15) is 0 Å². The fraction of sp³-hybridized carbons (Fsp3) is 0.333. The Morgan fingerprint density at radius 3 is 2.67 bits per heavy atom. The van der Waals surface area contributed by atoms with Crippen molar-refractivity contribution in [1.82, 2.24) is 25.3 Å². The van der Waals surface area contributed by atoms with E-state index in [0.717, 1.165) is 17.8 Å². The van der Waals surface area contributed by atoms with Crippen LogP contribution in [0.25, 0.3) is 0 Å². The van der Waals surface area contributed by atoms with E-state index in [1.54, 1.807) is 25.6 Å². The van der Waals surface area contributed by atoms with Crippen molar-refractivity contribution in [3.05, 3.63) is 42.4 Å². The van der Waals surface area contributed by atoms with Crippen LogP contribution in [0.2, 0.25) is 0 Å². The Kier molecular flexibility index (Phi) is 4.14. The first-order chi connectivity index (χ1) is 8.85. The molecule has 18 heavy (non-hydrogen) atoms. The molecule has 94 valence electrons. The van der Waals surface area contributed by atoms with E-state index in [1.807, 2.05) is 6.92 Å². The van der Waals surface area contributed by atoms with Crippen molar-refractivity contribution in [3.63, 3.8) is 0 Å². The lowest BCUT2D eigenvalue weighted by Crippen LogP contribution is -2.23. The van der Waals surface area contributed by atoms with Crippen LogP contribution >= 0.6 is 0 Å². The summed E-state index contributed by atoms with van der Waals surface area (Å²) in [6, 6.07) is 1.74. The van der Waals surface area contributed by atoms with Gasteiger partial charge >= 0.3 is 0 Å². The predicted octanol–water partition coefficient (Wildman–Crippen LogP) is 0.974. The number of ether oxygens (including phenoxy) is 1. The smallest absolute Gasteiger partial charge is 0.216 e. The third kappa shape index (κ3) is 2.78. The molecule has 2 aromatic rings. The van der Waals surface area contributed by atoms with Crippen LogP contribution in [-0.2, 0) is 0 Å². The van der Waals surface area contributed by atoms with Gasteiger partial charge < -0.3 is 10.1 Å². The normalized spacial score (nSPS) is 12.1. The molecule has 0 radical (unpaired) electrons. The molecule has 0 aliphatic carbocycles. The third-order valence-electron chi connectivity index (χ3n) is 2.49. The van der Waals surface area contributed by atoms with E-state index >= 15 is 0 Å². The maximum absolute atomic E-state index is 5.11. The van der Waals surface area contributed by atoms with Crippen LogP contribution in [0.3, 0.4) is 0 Å². The van der Waals surface area contributed by atoms with E-state index in [0.29, 0.717) is 5.88 Å². The summed E-state index contributed by atoms with van der Waals surface area (Å²) in [6.45, 7) is 2.85. The fourth-order valence-corrected chi connectivity index (χ4v) is 1.68. The van der Waals surface area contributed by atoms with Crippen LogP contribution in [0.1, 0.15) is 24.2 Å². The summed E-state index contributed by atoms with van der Waals surface area (Å²) in [5, 5.41) is 3.34. The lowest BCUT2D eigenvalue weighted by Gasteiger charge is -2.17. The van der Waals surface area contributed by atoms with Crippen molar-refractivity contribution < 1.29 is 4.74 Å². The largest absolute Gasteiger partial charge is 0.481 e. The van der Waals surface area contributed by atoms with Crippen molar-refractivity contribution in [2.75, 3.05) is 13.7 Å². The molecule has 0 saturated carbocycles. The van der Waals surface area contributed by atoms with Gasteiger partial charge in [-0.3, -0.25) is 0 Å². The van der Waals surface area contributed by atoms with Gasteiger partial charge in [-0.05, 0) is 6.54 Å². The van der Waals surface area contributed by atoms with Gasteiger partial charge in [0.25, 0.3) is 0 Å². The first-order valence-corrected chi connectivity index (χ1v) is 5.69. The molecule has 0 bridgehead atoms. The maximum atomic E-state index is 5.11. The minimum absolute atomic E-state index is 0.0619. The Morgan fingerprint density at radius 2 is 2.00 bits per heavy atom. The van der Waals surface area contributed by atoms with Crippen LogP contribution in [0, 0.1) is 0 Å². The van der Waals surface area contributed by atoms with Crippen molar-refractivity contribution in [1.29, 1.82) is 0 Å². The Balaban J connectivity index is 2.35. The van der Waals surface area contributed by atoms with E-state index in [4.69, 9.17) is 4.74 Å². The van der Waals surface area contributed by atoms with Gasteiger partial charge in [-0.15, -0.1) is 0 Å². The molecular weight excluding hydrogens is 230 g/mol. The van der Waals surface area contributed by atoms with Crippen LogP contribution in [0.15, 0.2) is 31.1 Å². The highest BCUT2D eigenvalue weighted by molar-refractivity contribution is 5.25. The highest BCUT2D eigenvalue weighted by atomic mass is 16.5. The number of aromatic nitrogens is 4. The Morgan fingerprint density at radius 1 is 1.22 bits per heavy atom. The second-order valence-corrected chi connectivity index (χ2v) is 3.65. The van der Waals surface area contributed by atoms with E-state index < -0.39 is 0 Å². The molecule has 2 rings (SSSR count). The molecule has 0 aliphatic heterocycles. The molecule has 1 atom stereocenters. The molecule has 0 aromatic carbocycles. The van der Waals surface area contributed by atoms with E-state index in [1.165, 1.54) is 12.7 Å². The molecule has 6 heteroatoms. The third-order valence-corrected chi connectivity index (χ3v) is 2.49. The average molecular weight is 245 g/mol. The zero-order valence-electron chi connectivity index (χ0n) is 10.4. The quantitative estimate of drug-likeness (QED) is 0.846. The van der Waals surface area contributed by atoms with Crippen LogP contribution in [0.5, 0.6) is 5.88 Å². The lowest BCUT2D eigenvalue weighted by molar-refractivity contribution is 0.395. The molecule has 0 fully saturated rings. The van der Waals surface area contributed by atoms with Gasteiger partial charge in [-0.2, -0.15) is 0 Å². The highest BCUT2D eigenvalue weighted by Crippen LogP contribution is 2.20. The van der Waals surface area contributed by atoms with Crippen LogP contribution in [-0.4, -0.2) is 33.6 Å². The topological polar surface area (TPSA) is 72.8 Å². The highest BCUT2D eigenvalue weighted by Gasteiger charge is 2.15. The summed E-state index contributed by atoms with van der Waals surface area (Å²) in [6.07, 6.45) is 6.54. The molecule has 1 unspecified atom stereocenters. The molecule has 0 spiro atoms. The summed E-state index contributed by atoms with van der Waals surface area (Å²) < 4.78 is 5.11. The second kappa shape index (κ2) is 6.02. The molecule has 0 saturated heterocycles. The molecule has 2 heterocycles. The van der Waals surface area contributed by atoms with Gasteiger partial charge in [0, 0.05) is 24.0 Å². The zero-order valence-corrected chi connectivity index (χ0v) is 10.4. The Hall–Kier alpha value is -2.08.